The zero-order chi connectivity index (χ0) is 30.0. The van der Waals surface area contributed by atoms with E-state index in [9.17, 15) is 14.7 Å². The average Bonchev–Trinajstić information content (AvgIpc) is 3.64. The van der Waals surface area contributed by atoms with Crippen molar-refractivity contribution >= 4 is 23.3 Å². The monoisotopic (exact) mass is 601 g/mol. The smallest absolute Gasteiger partial charge is 0.410 e. The zero-order valence-electron chi connectivity index (χ0n) is 24.0. The fraction of sp³-hybridized carbons (Fsp3) is 0.194. The van der Waals surface area contributed by atoms with E-state index in [1.165, 1.54) is 33.6 Å². The van der Waals surface area contributed by atoms with Gasteiger partial charge in [-0.2, -0.15) is 0 Å². The number of hydrogen-bond donors (Lipinski definition) is 2. The van der Waals surface area contributed by atoms with Gasteiger partial charge in [0.05, 0.1) is 11.4 Å². The van der Waals surface area contributed by atoms with Gasteiger partial charge in [0.15, 0.2) is 0 Å². The Balaban J connectivity index is 0.994. The first kappa shape index (κ1) is 27.9. The predicted molar refractivity (Wildman–Crippen MR) is 170 cm³/mol. The van der Waals surface area contributed by atoms with Gasteiger partial charge in [-0.25, -0.2) is 4.79 Å². The number of nitrogens with zero attached hydrogens (tertiary/aromatic N) is 2. The molecule has 7 nitrogen and oxygen atoms in total. The van der Waals surface area contributed by atoms with Crippen molar-refractivity contribution in [2.75, 3.05) is 19.7 Å². The Bertz CT molecular complexity index is 1770. The summed E-state index contributed by atoms with van der Waals surface area (Å²) in [7, 11) is 0. The van der Waals surface area contributed by atoms with Crippen molar-refractivity contribution in [3.63, 3.8) is 0 Å². The number of thiophene rings is 1. The van der Waals surface area contributed by atoms with Crippen LogP contribution in [0.15, 0.2) is 103 Å². The van der Waals surface area contributed by atoms with Crippen LogP contribution in [0.3, 0.4) is 0 Å². The lowest BCUT2D eigenvalue weighted by molar-refractivity contribution is 0.0953. The number of amides is 2. The topological polar surface area (TPSA) is 91.8 Å². The molecule has 7 rings (SSSR count). The van der Waals surface area contributed by atoms with Gasteiger partial charge in [0.1, 0.15) is 12.4 Å². The molecule has 1 atom stereocenters. The van der Waals surface area contributed by atoms with E-state index in [-0.39, 0.29) is 36.2 Å². The Morgan fingerprint density at radius 2 is 1.68 bits per heavy atom. The molecule has 0 saturated heterocycles. The molecule has 0 bridgehead atoms. The largest absolute Gasteiger partial charge is 0.508 e. The highest BCUT2D eigenvalue weighted by atomic mass is 32.1. The molecule has 0 saturated carbocycles. The summed E-state index contributed by atoms with van der Waals surface area (Å²) >= 11 is 1.48. The highest BCUT2D eigenvalue weighted by molar-refractivity contribution is 7.14. The van der Waals surface area contributed by atoms with Crippen LogP contribution >= 0.6 is 11.3 Å². The zero-order valence-corrected chi connectivity index (χ0v) is 24.8. The molecule has 3 heterocycles. The number of aromatic nitrogens is 1. The maximum atomic E-state index is 13.3. The number of phenols is 1. The van der Waals surface area contributed by atoms with Gasteiger partial charge in [0.2, 0.25) is 0 Å². The molecule has 8 heteroatoms. The minimum Gasteiger partial charge on any atom is -0.508 e. The Labute approximate surface area is 259 Å². The number of ether oxygens (including phenoxy) is 1. The first-order valence-corrected chi connectivity index (χ1v) is 15.6. The highest BCUT2D eigenvalue weighted by Crippen LogP contribution is 2.44. The van der Waals surface area contributed by atoms with E-state index in [4.69, 9.17) is 4.74 Å². The lowest BCUT2D eigenvalue weighted by Crippen LogP contribution is -2.36. The van der Waals surface area contributed by atoms with Gasteiger partial charge < -0.3 is 20.1 Å². The number of carbonyl (C=O) groups is 2. The Morgan fingerprint density at radius 3 is 2.39 bits per heavy atom. The van der Waals surface area contributed by atoms with Crippen LogP contribution < -0.4 is 5.32 Å². The number of aromatic hydroxyl groups is 1. The van der Waals surface area contributed by atoms with Crippen molar-refractivity contribution in [3.8, 4) is 16.9 Å². The number of hydrogen-bond acceptors (Lipinski definition) is 6. The Hall–Kier alpha value is -4.95. The van der Waals surface area contributed by atoms with Crippen molar-refractivity contribution in [2.24, 2.45) is 0 Å². The van der Waals surface area contributed by atoms with E-state index in [1.807, 2.05) is 54.6 Å². The molecule has 2 aliphatic rings. The summed E-state index contributed by atoms with van der Waals surface area (Å²) in [6, 6.07) is 29.4. The molecule has 1 unspecified atom stereocenters. The second-order valence-electron chi connectivity index (χ2n) is 11.2. The molecular formula is C36H31N3O4S. The minimum absolute atomic E-state index is 0.0141. The lowest BCUT2D eigenvalue weighted by Gasteiger charge is -2.27. The van der Waals surface area contributed by atoms with Crippen molar-refractivity contribution < 1.29 is 19.4 Å². The van der Waals surface area contributed by atoms with Crippen LogP contribution in [0.4, 0.5) is 4.79 Å². The summed E-state index contributed by atoms with van der Waals surface area (Å²) < 4.78 is 5.90. The van der Waals surface area contributed by atoms with Crippen molar-refractivity contribution in [3.05, 3.63) is 141 Å². The van der Waals surface area contributed by atoms with Gasteiger partial charge in [0.25, 0.3) is 5.91 Å². The molecule has 2 N–H and O–H groups in total. The maximum Gasteiger partial charge on any atom is 0.410 e. The Morgan fingerprint density at radius 1 is 0.955 bits per heavy atom. The average molecular weight is 602 g/mol. The van der Waals surface area contributed by atoms with Gasteiger partial charge in [-0.1, -0.05) is 66.7 Å². The molecular weight excluding hydrogens is 570 g/mol. The lowest BCUT2D eigenvalue weighted by atomic mass is 9.92. The number of carbonyl (C=O) groups excluding carboxylic acids is 2. The molecule has 1 aliphatic carbocycles. The molecule has 220 valence electrons. The van der Waals surface area contributed by atoms with Crippen LogP contribution in [0, 0.1) is 0 Å². The van der Waals surface area contributed by atoms with E-state index >= 15 is 0 Å². The van der Waals surface area contributed by atoms with Gasteiger partial charge in [-0.15, -0.1) is 11.3 Å². The summed E-state index contributed by atoms with van der Waals surface area (Å²) in [5.41, 5.74) is 7.71. The van der Waals surface area contributed by atoms with Crippen molar-refractivity contribution in [1.29, 1.82) is 0 Å². The fourth-order valence-electron chi connectivity index (χ4n) is 6.28. The summed E-state index contributed by atoms with van der Waals surface area (Å²) in [6.07, 6.45) is 3.87. The first-order chi connectivity index (χ1) is 21.5. The maximum absolute atomic E-state index is 13.3. The van der Waals surface area contributed by atoms with E-state index < -0.39 is 0 Å². The minimum atomic E-state index is -0.331. The molecule has 44 heavy (non-hydrogen) atoms. The molecule has 2 amide bonds. The van der Waals surface area contributed by atoms with Crippen LogP contribution in [0.5, 0.6) is 5.75 Å². The van der Waals surface area contributed by atoms with Crippen LogP contribution in [0.2, 0.25) is 0 Å². The van der Waals surface area contributed by atoms with Gasteiger partial charge >= 0.3 is 6.09 Å². The van der Waals surface area contributed by atoms with E-state index in [0.717, 1.165) is 21.6 Å². The second kappa shape index (κ2) is 12.0. The summed E-state index contributed by atoms with van der Waals surface area (Å²) in [5, 5.41) is 12.8. The van der Waals surface area contributed by atoms with Gasteiger partial charge in [-0.3, -0.25) is 9.78 Å². The number of benzene rings is 3. The normalized spacial score (nSPS) is 14.3. The van der Waals surface area contributed by atoms with Crippen LogP contribution in [0.1, 0.15) is 54.2 Å². The number of phenolic OH excluding ortho intramolecular Hbond substituents is 1. The molecule has 0 radical (unpaired) electrons. The number of nitrogens with one attached hydrogen (secondary N) is 1. The third kappa shape index (κ3) is 5.44. The molecule has 2 aromatic heterocycles. The van der Waals surface area contributed by atoms with Crippen molar-refractivity contribution in [1.82, 2.24) is 15.2 Å². The summed E-state index contributed by atoms with van der Waals surface area (Å²) in [6.45, 7) is 1.63. The molecule has 1 aliphatic heterocycles. The van der Waals surface area contributed by atoms with Crippen molar-refractivity contribution in [2.45, 2.75) is 24.8 Å². The van der Waals surface area contributed by atoms with E-state index in [1.54, 1.807) is 29.4 Å². The van der Waals surface area contributed by atoms with Gasteiger partial charge in [0, 0.05) is 42.2 Å². The number of rotatable bonds is 7. The van der Waals surface area contributed by atoms with E-state index in [2.05, 4.69) is 34.6 Å². The predicted octanol–water partition coefficient (Wildman–Crippen LogP) is 6.72. The number of fused-ring (bicyclic) bond motifs is 4. The quantitative estimate of drug-likeness (QED) is 0.216. The first-order valence-electron chi connectivity index (χ1n) is 14.7. The molecule has 3 aromatic carbocycles. The Kier molecular flexibility index (Phi) is 7.58. The van der Waals surface area contributed by atoms with Crippen LogP contribution in [0.25, 0.3) is 11.1 Å². The summed E-state index contributed by atoms with van der Waals surface area (Å²) in [5.74, 6) is -0.0594. The summed E-state index contributed by atoms with van der Waals surface area (Å²) in [4.78, 5) is 34.2. The number of pyridine rings is 1. The highest BCUT2D eigenvalue weighted by Gasteiger charge is 2.31. The third-order valence-electron chi connectivity index (χ3n) is 8.53. The van der Waals surface area contributed by atoms with E-state index in [0.29, 0.717) is 30.9 Å². The van der Waals surface area contributed by atoms with Crippen LogP contribution in [-0.2, 0) is 17.7 Å². The SMILES string of the molecule is O=C(NCC(c1ccc(O)cc1)c1cccnc1)c1cc2c(s1)CCN(C(=O)OCC1c3ccccc3-c3ccccc31)C2. The molecule has 0 spiro atoms. The van der Waals surface area contributed by atoms with Gasteiger partial charge in [-0.05, 0) is 69.6 Å². The molecule has 5 aromatic rings. The standard InChI is InChI=1S/C36H31N3O4S/c40-26-13-11-23(12-14-26)31(24-6-5-16-37-19-24)20-38-35(41)34-18-25-21-39(17-15-33(25)44-34)36(42)43-22-32-29-9-3-1-7-27(29)28-8-2-4-10-30(28)32/h1-14,16,18-19,31-32,40H,15,17,20-22H2,(H,38,41). The second-order valence-corrected chi connectivity index (χ2v) is 12.3. The molecule has 0 fully saturated rings. The third-order valence-corrected chi connectivity index (χ3v) is 9.77. The fourth-order valence-corrected chi connectivity index (χ4v) is 7.36. The van der Waals surface area contributed by atoms with Crippen LogP contribution in [-0.4, -0.2) is 46.7 Å².